The molecular formula is C10H15N3. The maximum Gasteiger partial charge on any atom is 0.0485 e. The molecule has 13 heavy (non-hydrogen) atoms. The van der Waals surface area contributed by atoms with Gasteiger partial charge < -0.3 is 11.2 Å². The third kappa shape index (κ3) is 3.27. The minimum atomic E-state index is 0.693. The van der Waals surface area contributed by atoms with E-state index in [0.29, 0.717) is 6.54 Å². The largest absolute Gasteiger partial charge is 0.330 e. The minimum Gasteiger partial charge on any atom is -0.330 e. The van der Waals surface area contributed by atoms with Crippen LogP contribution in [0.1, 0.15) is 12.0 Å². The molecule has 0 spiro atoms. The third-order valence-electron chi connectivity index (χ3n) is 1.72. The van der Waals surface area contributed by atoms with E-state index in [-0.39, 0.29) is 0 Å². The first-order valence-electron chi connectivity index (χ1n) is 4.30. The van der Waals surface area contributed by atoms with Crippen molar-refractivity contribution in [3.05, 3.63) is 35.9 Å². The highest BCUT2D eigenvalue weighted by atomic mass is 15.2. The lowest BCUT2D eigenvalue weighted by Crippen LogP contribution is -2.05. The van der Waals surface area contributed by atoms with Crippen LogP contribution in [0.25, 0.3) is 6.08 Å². The van der Waals surface area contributed by atoms with Crippen LogP contribution in [0.15, 0.2) is 30.3 Å². The molecule has 0 radical (unpaired) electrons. The van der Waals surface area contributed by atoms with Crippen LogP contribution in [0, 0.1) is 0 Å². The van der Waals surface area contributed by atoms with Gasteiger partial charge in [0.25, 0.3) is 0 Å². The number of hydrogen-bond acceptors (Lipinski definition) is 3. The predicted molar refractivity (Wildman–Crippen MR) is 57.0 cm³/mol. The molecule has 0 aliphatic rings. The Kier molecular flexibility index (Phi) is 4.02. The van der Waals surface area contributed by atoms with E-state index < -0.39 is 0 Å². The second-order valence-corrected chi connectivity index (χ2v) is 2.75. The Labute approximate surface area is 78.4 Å². The number of hydrazine groups is 1. The maximum absolute atomic E-state index is 5.36. The van der Waals surface area contributed by atoms with Gasteiger partial charge in [0.15, 0.2) is 0 Å². The van der Waals surface area contributed by atoms with Gasteiger partial charge >= 0.3 is 0 Å². The third-order valence-corrected chi connectivity index (χ3v) is 1.72. The first-order chi connectivity index (χ1) is 6.36. The van der Waals surface area contributed by atoms with E-state index in [0.717, 1.165) is 17.7 Å². The summed E-state index contributed by atoms with van der Waals surface area (Å²) >= 11 is 0. The van der Waals surface area contributed by atoms with Gasteiger partial charge in [-0.25, -0.2) is 0 Å². The predicted octanol–water partition coefficient (Wildman–Crippen LogP) is 1.33. The molecule has 5 N–H and O–H groups in total. The molecule has 0 aliphatic carbocycles. The highest BCUT2D eigenvalue weighted by Gasteiger charge is 1.87. The quantitative estimate of drug-likeness (QED) is 0.480. The lowest BCUT2D eigenvalue weighted by Gasteiger charge is -1.98. The van der Waals surface area contributed by atoms with Gasteiger partial charge in [-0.05, 0) is 30.7 Å². The number of nitrogens with two attached hydrogens (primary N) is 2. The molecule has 0 aliphatic heterocycles. The van der Waals surface area contributed by atoms with Gasteiger partial charge in [-0.15, -0.1) is 0 Å². The summed E-state index contributed by atoms with van der Waals surface area (Å²) in [6.07, 6.45) is 5.02. The summed E-state index contributed by atoms with van der Waals surface area (Å²) in [5.74, 6) is 5.24. The highest BCUT2D eigenvalue weighted by Crippen LogP contribution is 2.09. The Morgan fingerprint density at radius 3 is 2.46 bits per heavy atom. The molecule has 0 aromatic heterocycles. The Morgan fingerprint density at radius 1 is 1.23 bits per heavy atom. The van der Waals surface area contributed by atoms with Gasteiger partial charge in [0.05, 0.1) is 0 Å². The smallest absolute Gasteiger partial charge is 0.0485 e. The van der Waals surface area contributed by atoms with Crippen molar-refractivity contribution in [1.82, 2.24) is 0 Å². The summed E-state index contributed by atoms with van der Waals surface area (Å²) in [7, 11) is 0. The molecule has 0 atom stereocenters. The number of rotatable bonds is 4. The number of nitrogen functional groups attached to an aromatic ring is 1. The Bertz CT molecular complexity index is 264. The van der Waals surface area contributed by atoms with E-state index >= 15 is 0 Å². The summed E-state index contributed by atoms with van der Waals surface area (Å²) in [6, 6.07) is 7.87. The molecule has 0 bridgehead atoms. The zero-order chi connectivity index (χ0) is 9.52. The summed E-state index contributed by atoms with van der Waals surface area (Å²) in [4.78, 5) is 0. The normalized spacial score (nSPS) is 10.6. The van der Waals surface area contributed by atoms with Gasteiger partial charge in [-0.1, -0.05) is 24.3 Å². The van der Waals surface area contributed by atoms with Crippen LogP contribution >= 0.6 is 0 Å². The molecular weight excluding hydrogens is 162 g/mol. The average Bonchev–Trinajstić information content (AvgIpc) is 2.19. The monoisotopic (exact) mass is 177 g/mol. The highest BCUT2D eigenvalue weighted by molar-refractivity contribution is 5.54. The molecule has 3 nitrogen and oxygen atoms in total. The van der Waals surface area contributed by atoms with Crippen molar-refractivity contribution in [3.63, 3.8) is 0 Å². The maximum atomic E-state index is 5.36. The lowest BCUT2D eigenvalue weighted by atomic mass is 10.2. The first-order valence-corrected chi connectivity index (χ1v) is 4.30. The van der Waals surface area contributed by atoms with Gasteiger partial charge in [0.1, 0.15) is 0 Å². The van der Waals surface area contributed by atoms with Crippen LogP contribution < -0.4 is 17.0 Å². The van der Waals surface area contributed by atoms with E-state index in [1.807, 2.05) is 30.3 Å². The summed E-state index contributed by atoms with van der Waals surface area (Å²) < 4.78 is 0. The standard InChI is InChI=1S/C10H15N3/c11-8-2-1-3-9-4-6-10(13-12)7-5-9/h1,3-7,13H,2,8,11-12H2. The average molecular weight is 177 g/mol. The molecule has 0 saturated carbocycles. The summed E-state index contributed by atoms with van der Waals surface area (Å²) in [6.45, 7) is 0.693. The molecule has 0 unspecified atom stereocenters. The number of nitrogens with one attached hydrogen (secondary N) is 1. The molecule has 0 fully saturated rings. The van der Waals surface area contributed by atoms with Gasteiger partial charge in [0, 0.05) is 5.69 Å². The fourth-order valence-corrected chi connectivity index (χ4v) is 1.01. The number of hydrogen-bond donors (Lipinski definition) is 3. The Balaban J connectivity index is 2.58. The molecule has 1 aromatic rings. The van der Waals surface area contributed by atoms with Crippen LogP contribution in [0.5, 0.6) is 0 Å². The SMILES string of the molecule is NCCC=Cc1ccc(NN)cc1. The minimum absolute atomic E-state index is 0.693. The van der Waals surface area contributed by atoms with Crippen LogP contribution in [0.3, 0.4) is 0 Å². The molecule has 3 heteroatoms. The lowest BCUT2D eigenvalue weighted by molar-refractivity contribution is 1.01. The number of anilines is 1. The molecule has 0 heterocycles. The van der Waals surface area contributed by atoms with Crippen LogP contribution in [-0.4, -0.2) is 6.54 Å². The second kappa shape index (κ2) is 5.35. The fourth-order valence-electron chi connectivity index (χ4n) is 1.01. The first kappa shape index (κ1) is 9.77. The molecule has 70 valence electrons. The van der Waals surface area contributed by atoms with Crippen molar-refractivity contribution < 1.29 is 0 Å². The fraction of sp³-hybridized carbons (Fsp3) is 0.200. The van der Waals surface area contributed by atoms with E-state index in [2.05, 4.69) is 11.5 Å². The zero-order valence-electron chi connectivity index (χ0n) is 7.53. The molecule has 0 amide bonds. The van der Waals surface area contributed by atoms with Gasteiger partial charge in [0.2, 0.25) is 0 Å². The zero-order valence-corrected chi connectivity index (χ0v) is 7.53. The van der Waals surface area contributed by atoms with E-state index in [1.165, 1.54) is 0 Å². The van der Waals surface area contributed by atoms with Crippen LogP contribution in [0.2, 0.25) is 0 Å². The van der Waals surface area contributed by atoms with Crippen LogP contribution in [0.4, 0.5) is 5.69 Å². The van der Waals surface area contributed by atoms with Crippen molar-refractivity contribution >= 4 is 11.8 Å². The topological polar surface area (TPSA) is 64.1 Å². The summed E-state index contributed by atoms with van der Waals surface area (Å²) in [5.41, 5.74) is 10.0. The van der Waals surface area contributed by atoms with E-state index in [1.54, 1.807) is 0 Å². The molecule has 1 rings (SSSR count). The van der Waals surface area contributed by atoms with Crippen molar-refractivity contribution in [2.45, 2.75) is 6.42 Å². The van der Waals surface area contributed by atoms with Crippen molar-refractivity contribution in [2.75, 3.05) is 12.0 Å². The summed E-state index contributed by atoms with van der Waals surface area (Å²) in [5, 5.41) is 0. The van der Waals surface area contributed by atoms with E-state index in [4.69, 9.17) is 11.6 Å². The van der Waals surface area contributed by atoms with Crippen molar-refractivity contribution in [2.24, 2.45) is 11.6 Å². The van der Waals surface area contributed by atoms with Crippen LogP contribution in [-0.2, 0) is 0 Å². The van der Waals surface area contributed by atoms with E-state index in [9.17, 15) is 0 Å². The molecule has 0 saturated heterocycles. The Hall–Kier alpha value is -1.32. The Morgan fingerprint density at radius 2 is 1.92 bits per heavy atom. The van der Waals surface area contributed by atoms with Gasteiger partial charge in [-0.2, -0.15) is 0 Å². The number of benzene rings is 1. The van der Waals surface area contributed by atoms with Crippen molar-refractivity contribution in [1.29, 1.82) is 0 Å². The van der Waals surface area contributed by atoms with Crippen molar-refractivity contribution in [3.8, 4) is 0 Å². The molecule has 1 aromatic carbocycles. The second-order valence-electron chi connectivity index (χ2n) is 2.75. The van der Waals surface area contributed by atoms with Gasteiger partial charge in [-0.3, -0.25) is 5.84 Å².